The van der Waals surface area contributed by atoms with Gasteiger partial charge in [-0.25, -0.2) is 13.2 Å². The van der Waals surface area contributed by atoms with Gasteiger partial charge in [0.1, 0.15) is 6.04 Å². The fraction of sp³-hybridized carbons (Fsp3) is 0.348. The highest BCUT2D eigenvalue weighted by molar-refractivity contribution is 7.89. The number of ether oxygens (including phenoxy) is 2. The average molecular weight is 538 g/mol. The summed E-state index contributed by atoms with van der Waals surface area (Å²) in [5.41, 5.74) is 1.16. The van der Waals surface area contributed by atoms with Crippen molar-refractivity contribution in [1.82, 2.24) is 8.87 Å². The molecule has 35 heavy (non-hydrogen) atoms. The predicted octanol–water partition coefficient (Wildman–Crippen LogP) is 3.07. The second-order valence-electron chi connectivity index (χ2n) is 7.88. The van der Waals surface area contributed by atoms with Gasteiger partial charge in [-0.2, -0.15) is 9.30 Å². The quantitative estimate of drug-likeness (QED) is 0.429. The van der Waals surface area contributed by atoms with Gasteiger partial charge in [-0.1, -0.05) is 22.9 Å². The first-order chi connectivity index (χ1) is 16.8. The second kappa shape index (κ2) is 10.6. The van der Waals surface area contributed by atoms with Gasteiger partial charge >= 0.3 is 5.97 Å². The van der Waals surface area contributed by atoms with E-state index < -0.39 is 27.9 Å². The second-order valence-corrected chi connectivity index (χ2v) is 11.2. The number of fused-ring (bicyclic) bond motifs is 1. The molecule has 4 rings (SSSR count). The van der Waals surface area contributed by atoms with E-state index in [0.717, 1.165) is 10.2 Å². The summed E-state index contributed by atoms with van der Waals surface area (Å²) in [7, 11) is -1.01. The number of nitrogens with zero attached hydrogens (tertiary/aromatic N) is 3. The Kier molecular flexibility index (Phi) is 7.72. The molecule has 9 nitrogen and oxygen atoms in total. The lowest BCUT2D eigenvalue weighted by atomic mass is 10.2. The maximum Gasteiger partial charge on any atom is 0.337 e. The highest BCUT2D eigenvalue weighted by atomic mass is 35.5. The first kappa shape index (κ1) is 25.5. The fourth-order valence-corrected chi connectivity index (χ4v) is 6.87. The topological polar surface area (TPSA) is 107 Å². The van der Waals surface area contributed by atoms with Crippen molar-refractivity contribution >= 4 is 55.1 Å². The molecule has 2 aromatic carbocycles. The van der Waals surface area contributed by atoms with E-state index in [-0.39, 0.29) is 11.4 Å². The summed E-state index contributed by atoms with van der Waals surface area (Å²) in [5, 5.41) is 0.425. The zero-order chi connectivity index (χ0) is 25.2. The third kappa shape index (κ3) is 5.19. The lowest BCUT2D eigenvalue weighted by Crippen LogP contribution is -2.40. The lowest BCUT2D eigenvalue weighted by molar-refractivity contribution is -0.121. The largest absolute Gasteiger partial charge is 0.465 e. The monoisotopic (exact) mass is 537 g/mol. The third-order valence-electron chi connectivity index (χ3n) is 5.74. The van der Waals surface area contributed by atoms with E-state index in [1.54, 1.807) is 25.3 Å². The molecule has 0 spiro atoms. The molecule has 0 saturated carbocycles. The molecule has 186 valence electrons. The van der Waals surface area contributed by atoms with E-state index in [0.29, 0.717) is 41.4 Å². The first-order valence-corrected chi connectivity index (χ1v) is 13.5. The van der Waals surface area contributed by atoms with Crippen LogP contribution >= 0.6 is 22.9 Å². The van der Waals surface area contributed by atoms with Crippen molar-refractivity contribution in [1.29, 1.82) is 0 Å². The standard InChI is InChI=1S/C23H24ClN3O6S2/c1-32-13-12-26-18-10-5-15(22(29)33-2)14-20(18)34-23(26)25-21(28)19-4-3-11-27(19)35(30,31)17-8-6-16(24)7-9-17/h5-10,14,19H,3-4,11-13H2,1-2H3. The van der Waals surface area contributed by atoms with Crippen LogP contribution in [0.25, 0.3) is 10.2 Å². The molecule has 1 atom stereocenters. The number of thiazole rings is 1. The number of aromatic nitrogens is 1. The van der Waals surface area contributed by atoms with Gasteiger partial charge in [0.2, 0.25) is 10.0 Å². The number of benzene rings is 2. The molecule has 1 aliphatic heterocycles. The SMILES string of the molecule is COCCn1c(=NC(=O)C2CCCN2S(=O)(=O)c2ccc(Cl)cc2)sc2cc(C(=O)OC)ccc21. The molecule has 12 heteroatoms. The van der Waals surface area contributed by atoms with Crippen molar-refractivity contribution in [2.75, 3.05) is 27.4 Å². The van der Waals surface area contributed by atoms with Gasteiger partial charge in [0, 0.05) is 25.2 Å². The van der Waals surface area contributed by atoms with Crippen LogP contribution < -0.4 is 4.80 Å². The van der Waals surface area contributed by atoms with E-state index in [1.807, 2.05) is 4.57 Å². The number of halogens is 1. The van der Waals surface area contributed by atoms with Crippen molar-refractivity contribution in [2.45, 2.75) is 30.3 Å². The van der Waals surface area contributed by atoms with Gasteiger partial charge in [-0.3, -0.25) is 4.79 Å². The minimum absolute atomic E-state index is 0.0777. The van der Waals surface area contributed by atoms with E-state index >= 15 is 0 Å². The molecule has 3 aromatic rings. The Morgan fingerprint density at radius 3 is 2.60 bits per heavy atom. The smallest absolute Gasteiger partial charge is 0.337 e. The Morgan fingerprint density at radius 1 is 1.17 bits per heavy atom. The van der Waals surface area contributed by atoms with Crippen LogP contribution in [0.2, 0.25) is 5.02 Å². The Bertz CT molecular complexity index is 1430. The Balaban J connectivity index is 1.72. The van der Waals surface area contributed by atoms with Crippen LogP contribution in [0, 0.1) is 0 Å². The molecule has 1 saturated heterocycles. The van der Waals surface area contributed by atoms with Gasteiger partial charge in [0.25, 0.3) is 5.91 Å². The molecule has 0 bridgehead atoms. The maximum absolute atomic E-state index is 13.3. The molecule has 1 amide bonds. The number of sulfonamides is 1. The van der Waals surface area contributed by atoms with Crippen LogP contribution in [0.5, 0.6) is 0 Å². The van der Waals surface area contributed by atoms with Gasteiger partial charge < -0.3 is 14.0 Å². The number of rotatable bonds is 7. The Morgan fingerprint density at radius 2 is 1.91 bits per heavy atom. The summed E-state index contributed by atoms with van der Waals surface area (Å²) < 4.78 is 40.2. The summed E-state index contributed by atoms with van der Waals surface area (Å²) in [6, 6.07) is 10.1. The normalized spacial score (nSPS) is 17.2. The number of hydrogen-bond donors (Lipinski definition) is 0. The molecule has 1 aliphatic rings. The molecule has 1 unspecified atom stereocenters. The molecule has 1 aromatic heterocycles. The number of hydrogen-bond acceptors (Lipinski definition) is 7. The maximum atomic E-state index is 13.3. The average Bonchev–Trinajstić information content (AvgIpc) is 3.47. The highest BCUT2D eigenvalue weighted by Gasteiger charge is 2.39. The van der Waals surface area contributed by atoms with E-state index in [2.05, 4.69) is 4.99 Å². The van der Waals surface area contributed by atoms with Crippen molar-refractivity contribution < 1.29 is 27.5 Å². The first-order valence-electron chi connectivity index (χ1n) is 10.8. The number of amides is 1. The van der Waals surface area contributed by atoms with Crippen LogP contribution in [0.3, 0.4) is 0 Å². The molecular weight excluding hydrogens is 514 g/mol. The molecule has 2 heterocycles. The minimum Gasteiger partial charge on any atom is -0.465 e. The number of methoxy groups -OCH3 is 2. The van der Waals surface area contributed by atoms with Crippen LogP contribution in [-0.4, -0.2) is 62.6 Å². The summed E-state index contributed by atoms with van der Waals surface area (Å²) in [5.74, 6) is -1.00. The van der Waals surface area contributed by atoms with E-state index in [4.69, 9.17) is 21.1 Å². The number of carbonyl (C=O) groups is 2. The van der Waals surface area contributed by atoms with Gasteiger partial charge in [0.05, 0.1) is 34.4 Å². The van der Waals surface area contributed by atoms with Crippen LogP contribution in [0.1, 0.15) is 23.2 Å². The summed E-state index contributed by atoms with van der Waals surface area (Å²) in [6.45, 7) is 1.04. The summed E-state index contributed by atoms with van der Waals surface area (Å²) in [4.78, 5) is 30.0. The molecule has 0 N–H and O–H groups in total. The van der Waals surface area contributed by atoms with E-state index in [1.165, 1.54) is 47.0 Å². The Hall–Kier alpha value is -2.57. The lowest BCUT2D eigenvalue weighted by Gasteiger charge is -2.21. The molecule has 1 fully saturated rings. The van der Waals surface area contributed by atoms with Gasteiger partial charge in [-0.05, 0) is 55.3 Å². The summed E-state index contributed by atoms with van der Waals surface area (Å²) in [6.07, 6.45) is 0.932. The van der Waals surface area contributed by atoms with Crippen molar-refractivity contribution in [3.63, 3.8) is 0 Å². The van der Waals surface area contributed by atoms with Crippen molar-refractivity contribution in [2.24, 2.45) is 4.99 Å². The number of carbonyl (C=O) groups excluding carboxylic acids is 2. The van der Waals surface area contributed by atoms with Crippen LogP contribution in [0.4, 0.5) is 0 Å². The number of esters is 1. The fourth-order valence-electron chi connectivity index (χ4n) is 3.99. The highest BCUT2D eigenvalue weighted by Crippen LogP contribution is 2.28. The van der Waals surface area contributed by atoms with Crippen LogP contribution in [0.15, 0.2) is 52.4 Å². The molecular formula is C23H24ClN3O6S2. The third-order valence-corrected chi connectivity index (χ3v) is 8.95. The zero-order valence-electron chi connectivity index (χ0n) is 19.1. The van der Waals surface area contributed by atoms with Gasteiger partial charge in [-0.15, -0.1) is 0 Å². The Labute approximate surface area is 211 Å². The van der Waals surface area contributed by atoms with Crippen LogP contribution in [-0.2, 0) is 30.8 Å². The zero-order valence-corrected chi connectivity index (χ0v) is 21.5. The summed E-state index contributed by atoms with van der Waals surface area (Å²) >= 11 is 7.14. The van der Waals surface area contributed by atoms with Gasteiger partial charge in [0.15, 0.2) is 4.80 Å². The molecule has 0 radical (unpaired) electrons. The molecule has 0 aliphatic carbocycles. The van der Waals surface area contributed by atoms with Crippen molar-refractivity contribution in [3.05, 3.63) is 57.9 Å². The minimum atomic E-state index is -3.89. The van der Waals surface area contributed by atoms with E-state index in [9.17, 15) is 18.0 Å². The predicted molar refractivity (Wildman–Crippen MR) is 132 cm³/mol. The van der Waals surface area contributed by atoms with Crippen molar-refractivity contribution in [3.8, 4) is 0 Å².